The fraction of sp³-hybridized carbons (Fsp3) is 0.478. The van der Waals surface area contributed by atoms with Gasteiger partial charge in [0.05, 0.1) is 17.1 Å². The highest BCUT2D eigenvalue weighted by Crippen LogP contribution is 2.39. The molecule has 0 saturated carbocycles. The zero-order valence-corrected chi connectivity index (χ0v) is 19.9. The van der Waals surface area contributed by atoms with Gasteiger partial charge in [0.25, 0.3) is 11.8 Å². The molecule has 1 aliphatic carbocycles. The van der Waals surface area contributed by atoms with Crippen LogP contribution in [0.15, 0.2) is 24.3 Å². The third-order valence-electron chi connectivity index (χ3n) is 6.01. The fourth-order valence-corrected chi connectivity index (χ4v) is 7.37. The summed E-state index contributed by atoms with van der Waals surface area (Å²) >= 11 is 1.44. The zero-order chi connectivity index (χ0) is 22.9. The van der Waals surface area contributed by atoms with Crippen LogP contribution in [0, 0.1) is 12.8 Å². The Morgan fingerprint density at radius 3 is 2.72 bits per heavy atom. The Hall–Kier alpha value is -2.39. The minimum atomic E-state index is -3.10. The number of anilines is 1. The molecule has 2 N–H and O–H groups in total. The molecule has 9 heteroatoms. The molecular weight excluding hydrogens is 448 g/mol. The molecule has 1 fully saturated rings. The highest BCUT2D eigenvalue weighted by Gasteiger charge is 2.33. The molecule has 2 atom stereocenters. The molecule has 2 amide bonds. The van der Waals surface area contributed by atoms with Crippen molar-refractivity contribution in [1.29, 1.82) is 0 Å². The lowest BCUT2D eigenvalue weighted by Gasteiger charge is -2.19. The average Bonchev–Trinajstić information content (AvgIpc) is 3.25. The molecule has 32 heavy (non-hydrogen) atoms. The van der Waals surface area contributed by atoms with Crippen molar-refractivity contribution >= 4 is 38.0 Å². The van der Waals surface area contributed by atoms with Crippen molar-refractivity contribution < 1.29 is 22.7 Å². The second-order valence-corrected chi connectivity index (χ2v) is 12.1. The molecule has 172 valence electrons. The highest BCUT2D eigenvalue weighted by molar-refractivity contribution is 7.91. The Balaban J connectivity index is 1.51. The Morgan fingerprint density at radius 2 is 2.00 bits per heavy atom. The molecule has 7 nitrogen and oxygen atoms in total. The van der Waals surface area contributed by atoms with Gasteiger partial charge in [0, 0.05) is 10.9 Å². The number of thiophene rings is 1. The van der Waals surface area contributed by atoms with Gasteiger partial charge in [-0.15, -0.1) is 11.3 Å². The maximum absolute atomic E-state index is 13.2. The number of nitrogens with one attached hydrogen (secondary N) is 2. The van der Waals surface area contributed by atoms with Crippen LogP contribution in [0.2, 0.25) is 0 Å². The van der Waals surface area contributed by atoms with E-state index in [-0.39, 0.29) is 29.9 Å². The zero-order valence-electron chi connectivity index (χ0n) is 18.3. The molecule has 0 bridgehead atoms. The van der Waals surface area contributed by atoms with E-state index in [1.54, 1.807) is 0 Å². The first kappa shape index (κ1) is 22.8. The summed E-state index contributed by atoms with van der Waals surface area (Å²) in [4.78, 5) is 26.9. The molecule has 0 radical (unpaired) electrons. The number of hydrogen-bond donors (Lipinski definition) is 2. The Morgan fingerprint density at radius 1 is 1.22 bits per heavy atom. The average molecular weight is 477 g/mol. The van der Waals surface area contributed by atoms with Crippen molar-refractivity contribution in [3.63, 3.8) is 0 Å². The predicted octanol–water partition coefficient (Wildman–Crippen LogP) is 3.12. The fourth-order valence-electron chi connectivity index (χ4n) is 4.27. The number of hydrogen-bond acceptors (Lipinski definition) is 6. The van der Waals surface area contributed by atoms with E-state index in [1.807, 2.05) is 31.2 Å². The van der Waals surface area contributed by atoms with Crippen LogP contribution in [-0.2, 0) is 27.5 Å². The first-order valence-corrected chi connectivity index (χ1v) is 13.5. The normalized spacial score (nSPS) is 21.6. The number of fused-ring (bicyclic) bond motifs is 1. The van der Waals surface area contributed by atoms with E-state index >= 15 is 0 Å². The van der Waals surface area contributed by atoms with E-state index in [4.69, 9.17) is 4.74 Å². The molecule has 0 unspecified atom stereocenters. The third-order valence-corrected chi connectivity index (χ3v) is 8.95. The predicted molar refractivity (Wildman–Crippen MR) is 125 cm³/mol. The smallest absolute Gasteiger partial charge is 0.262 e. The summed E-state index contributed by atoms with van der Waals surface area (Å²) in [7, 11) is -3.10. The molecule has 1 saturated heterocycles. The van der Waals surface area contributed by atoms with Crippen LogP contribution in [-0.4, -0.2) is 44.4 Å². The molecule has 2 heterocycles. The van der Waals surface area contributed by atoms with Crippen LogP contribution in [0.25, 0.3) is 0 Å². The van der Waals surface area contributed by atoms with Gasteiger partial charge in [-0.05, 0) is 55.7 Å². The van der Waals surface area contributed by atoms with E-state index in [0.29, 0.717) is 28.7 Å². The van der Waals surface area contributed by atoms with Gasteiger partial charge in [-0.25, -0.2) is 8.42 Å². The minimum absolute atomic E-state index is 0.0337. The number of rotatable bonds is 6. The first-order valence-electron chi connectivity index (χ1n) is 10.9. The van der Waals surface area contributed by atoms with Crippen LogP contribution >= 0.6 is 11.3 Å². The molecule has 4 rings (SSSR count). The summed E-state index contributed by atoms with van der Waals surface area (Å²) in [6.07, 6.45) is 3.04. The summed E-state index contributed by atoms with van der Waals surface area (Å²) in [5.41, 5.74) is 2.39. The summed E-state index contributed by atoms with van der Waals surface area (Å²) in [6, 6.07) is 7.08. The van der Waals surface area contributed by atoms with Crippen LogP contribution in [0.1, 0.15) is 46.1 Å². The lowest BCUT2D eigenvalue weighted by atomic mass is 9.88. The lowest BCUT2D eigenvalue weighted by molar-refractivity contribution is -0.118. The van der Waals surface area contributed by atoms with Crippen molar-refractivity contribution in [2.24, 2.45) is 5.92 Å². The topological polar surface area (TPSA) is 102 Å². The number of para-hydroxylation sites is 1. The van der Waals surface area contributed by atoms with Gasteiger partial charge in [0.2, 0.25) is 0 Å². The molecule has 0 spiro atoms. The van der Waals surface area contributed by atoms with Crippen molar-refractivity contribution in [2.45, 2.75) is 45.6 Å². The maximum Gasteiger partial charge on any atom is 0.262 e. The van der Waals surface area contributed by atoms with Gasteiger partial charge in [-0.2, -0.15) is 0 Å². The standard InChI is InChI=1S/C23H28N2O5S2/c1-14-7-8-17-19(11-14)31-23(21(17)22(27)24-16-9-10-32(28,29)13-16)25-20(26)12-30-18-6-4-3-5-15(18)2/h3-6,14,16H,7-13H2,1-2H3,(H,24,27)(H,25,26)/t14-,16+/m1/s1. The minimum Gasteiger partial charge on any atom is -0.483 e. The van der Waals surface area contributed by atoms with Crippen molar-refractivity contribution in [1.82, 2.24) is 5.32 Å². The van der Waals surface area contributed by atoms with Crippen molar-refractivity contribution in [2.75, 3.05) is 23.4 Å². The molecule has 2 aliphatic rings. The van der Waals surface area contributed by atoms with Gasteiger partial charge in [0.1, 0.15) is 10.8 Å². The van der Waals surface area contributed by atoms with E-state index in [1.165, 1.54) is 11.3 Å². The van der Waals surface area contributed by atoms with Crippen LogP contribution in [0.5, 0.6) is 5.75 Å². The maximum atomic E-state index is 13.2. The van der Waals surface area contributed by atoms with E-state index in [2.05, 4.69) is 17.6 Å². The summed E-state index contributed by atoms with van der Waals surface area (Å²) in [6.45, 7) is 3.93. The number of benzene rings is 1. The van der Waals surface area contributed by atoms with Crippen molar-refractivity contribution in [3.05, 3.63) is 45.8 Å². The highest BCUT2D eigenvalue weighted by atomic mass is 32.2. The second-order valence-electron chi connectivity index (χ2n) is 8.73. The Bertz CT molecular complexity index is 1140. The molecule has 1 aromatic carbocycles. The second kappa shape index (κ2) is 9.23. The van der Waals surface area contributed by atoms with E-state index < -0.39 is 15.9 Å². The number of carbonyl (C=O) groups excluding carboxylic acids is 2. The van der Waals surface area contributed by atoms with Crippen LogP contribution in [0.4, 0.5) is 5.00 Å². The van der Waals surface area contributed by atoms with Gasteiger partial charge in [-0.3, -0.25) is 9.59 Å². The van der Waals surface area contributed by atoms with Gasteiger partial charge < -0.3 is 15.4 Å². The Labute approximate surface area is 192 Å². The number of ether oxygens (including phenoxy) is 1. The SMILES string of the molecule is Cc1ccccc1OCC(=O)Nc1sc2c(c1C(=O)N[C@H]1CCS(=O)(=O)C1)CC[C@@H](C)C2. The number of amides is 2. The number of carbonyl (C=O) groups is 2. The summed E-state index contributed by atoms with van der Waals surface area (Å²) in [5, 5.41) is 6.27. The monoisotopic (exact) mass is 476 g/mol. The largest absolute Gasteiger partial charge is 0.483 e. The Kier molecular flexibility index (Phi) is 6.57. The number of aryl methyl sites for hydroxylation is 1. The lowest BCUT2D eigenvalue weighted by Crippen LogP contribution is -2.36. The molecule has 1 aromatic heterocycles. The first-order chi connectivity index (χ1) is 15.2. The van der Waals surface area contributed by atoms with Crippen LogP contribution < -0.4 is 15.4 Å². The molecule has 2 aromatic rings. The van der Waals surface area contributed by atoms with E-state index in [9.17, 15) is 18.0 Å². The van der Waals surface area contributed by atoms with Gasteiger partial charge >= 0.3 is 0 Å². The summed E-state index contributed by atoms with van der Waals surface area (Å²) in [5.74, 6) is 0.574. The van der Waals surface area contributed by atoms with Gasteiger partial charge in [-0.1, -0.05) is 25.1 Å². The van der Waals surface area contributed by atoms with Crippen LogP contribution in [0.3, 0.4) is 0 Å². The molecule has 1 aliphatic heterocycles. The summed E-state index contributed by atoms with van der Waals surface area (Å²) < 4.78 is 29.2. The quantitative estimate of drug-likeness (QED) is 0.667. The molecular formula is C23H28N2O5S2. The number of sulfone groups is 1. The van der Waals surface area contributed by atoms with Gasteiger partial charge in [0.15, 0.2) is 16.4 Å². The van der Waals surface area contributed by atoms with E-state index in [0.717, 1.165) is 35.3 Å². The third kappa shape index (κ3) is 5.15. The van der Waals surface area contributed by atoms with Crippen molar-refractivity contribution in [3.8, 4) is 5.75 Å².